The number of carbonyl (C=O) groups is 2. The second-order valence-corrected chi connectivity index (χ2v) is 11.6. The molecule has 4 heterocycles. The van der Waals surface area contributed by atoms with Gasteiger partial charge in [-0.1, -0.05) is 24.3 Å². The summed E-state index contributed by atoms with van der Waals surface area (Å²) in [6, 6.07) is 11.2. The van der Waals surface area contributed by atoms with E-state index in [4.69, 9.17) is 19.9 Å². The Morgan fingerprint density at radius 1 is 1.11 bits per heavy atom. The quantitative estimate of drug-likeness (QED) is 0.294. The average Bonchev–Trinajstić information content (AvgIpc) is 3.46. The van der Waals surface area contributed by atoms with Crippen molar-refractivity contribution < 1.29 is 28.2 Å². The number of amides is 2. The van der Waals surface area contributed by atoms with E-state index in [1.165, 1.54) is 6.20 Å². The molecule has 0 spiro atoms. The molecule has 0 saturated carbocycles. The van der Waals surface area contributed by atoms with Gasteiger partial charge < -0.3 is 39.6 Å². The molecule has 0 aliphatic carbocycles. The van der Waals surface area contributed by atoms with Crippen LogP contribution in [0, 0.1) is 5.82 Å². The van der Waals surface area contributed by atoms with Gasteiger partial charge in [0, 0.05) is 32.4 Å². The number of ether oxygens (including phenoxy) is 3. The van der Waals surface area contributed by atoms with Gasteiger partial charge in [-0.25, -0.2) is 9.18 Å². The predicted octanol–water partition coefficient (Wildman–Crippen LogP) is 4.16. The molecule has 4 aromatic rings. The number of aromatic nitrogens is 1. The first-order valence-corrected chi connectivity index (χ1v) is 14.7. The van der Waals surface area contributed by atoms with Crippen molar-refractivity contribution in [2.75, 3.05) is 50.0 Å². The summed E-state index contributed by atoms with van der Waals surface area (Å²) in [5.41, 5.74) is 6.25. The van der Waals surface area contributed by atoms with E-state index in [1.807, 2.05) is 36.4 Å². The number of hydrogen-bond acceptors (Lipinski definition) is 8. The predicted molar refractivity (Wildman–Crippen MR) is 164 cm³/mol. The fourth-order valence-electron chi connectivity index (χ4n) is 6.28. The van der Waals surface area contributed by atoms with Gasteiger partial charge in [-0.15, -0.1) is 0 Å². The molecular formula is C32H32FN5O6. The molecule has 11 nitrogen and oxygen atoms in total. The largest absolute Gasteiger partial charge is 0.451 e. The Balaban J connectivity index is 1.42. The molecule has 3 N–H and O–H groups in total. The maximum Gasteiger partial charge on any atom is 0.407 e. The average molecular weight is 602 g/mol. The van der Waals surface area contributed by atoms with Crippen LogP contribution in [0.1, 0.15) is 30.6 Å². The Bertz CT molecular complexity index is 1900. The number of alkyl carbamates (subject to hydrolysis) is 1. The molecule has 3 aliphatic heterocycles. The third-order valence-corrected chi connectivity index (χ3v) is 8.35. The summed E-state index contributed by atoms with van der Waals surface area (Å²) in [5, 5.41) is 4.54. The van der Waals surface area contributed by atoms with Crippen LogP contribution in [0.3, 0.4) is 0 Å². The molecule has 44 heavy (non-hydrogen) atoms. The Labute approximate surface area is 251 Å². The standard InChI is InChI=1S/C32H32FN5O6/c1-17(2)43-32(41)35-20-7-8-37(15-20)28-25(33)26(34)24-27-30(28)44-23-14-19-6-4-3-5-18(19)13-22(23)38(27)16-21(29(24)39)31(40)36-9-11-42-12-10-36/h3-6,13-14,16-17,20H,7-12,15,34H2,1-2H3,(H,35,41). The minimum Gasteiger partial charge on any atom is -0.451 e. The van der Waals surface area contributed by atoms with E-state index in [9.17, 15) is 14.4 Å². The molecular weight excluding hydrogens is 569 g/mol. The molecule has 7 rings (SSSR count). The van der Waals surface area contributed by atoms with Crippen LogP contribution in [0.4, 0.5) is 20.6 Å². The van der Waals surface area contributed by atoms with Gasteiger partial charge in [-0.05, 0) is 43.2 Å². The maximum atomic E-state index is 16.4. The lowest BCUT2D eigenvalue weighted by atomic mass is 10.0. The fraction of sp³-hybridized carbons (Fsp3) is 0.344. The van der Waals surface area contributed by atoms with Crippen LogP contribution >= 0.6 is 0 Å². The number of anilines is 2. The number of rotatable bonds is 4. The Kier molecular flexibility index (Phi) is 6.80. The Hall–Kier alpha value is -4.84. The highest BCUT2D eigenvalue weighted by molar-refractivity contribution is 6.06. The van der Waals surface area contributed by atoms with Gasteiger partial charge >= 0.3 is 6.09 Å². The lowest BCUT2D eigenvalue weighted by Gasteiger charge is -2.31. The summed E-state index contributed by atoms with van der Waals surface area (Å²) < 4.78 is 35.2. The SMILES string of the molecule is CC(C)OC(=O)NC1CCN(c2c(F)c(N)c3c(=O)c(C(=O)N4CCOCC4)cn4c3c2Oc2cc3ccccc3cc2-4)C1. The van der Waals surface area contributed by atoms with Crippen molar-refractivity contribution in [2.45, 2.75) is 32.4 Å². The van der Waals surface area contributed by atoms with Gasteiger partial charge in [-0.3, -0.25) is 9.59 Å². The number of pyridine rings is 1. The Morgan fingerprint density at radius 3 is 2.57 bits per heavy atom. The molecule has 1 atom stereocenters. The molecule has 2 fully saturated rings. The normalized spacial score (nSPS) is 17.6. The van der Waals surface area contributed by atoms with E-state index < -0.39 is 23.2 Å². The molecule has 0 radical (unpaired) electrons. The summed E-state index contributed by atoms with van der Waals surface area (Å²) in [4.78, 5) is 43.2. The van der Waals surface area contributed by atoms with Gasteiger partial charge in [0.1, 0.15) is 16.8 Å². The highest BCUT2D eigenvalue weighted by Crippen LogP contribution is 2.50. The molecule has 3 aromatic carbocycles. The number of nitrogen functional groups attached to an aromatic ring is 1. The summed E-state index contributed by atoms with van der Waals surface area (Å²) in [7, 11) is 0. The number of carbonyl (C=O) groups excluding carboxylic acids is 2. The van der Waals surface area contributed by atoms with Gasteiger partial charge in [0.2, 0.25) is 5.43 Å². The van der Waals surface area contributed by atoms with Crippen LogP contribution in [-0.2, 0) is 9.47 Å². The molecule has 1 unspecified atom stereocenters. The van der Waals surface area contributed by atoms with E-state index >= 15 is 4.39 Å². The van der Waals surface area contributed by atoms with Gasteiger partial charge in [0.25, 0.3) is 5.91 Å². The molecule has 228 valence electrons. The van der Waals surface area contributed by atoms with Crippen LogP contribution in [-0.4, -0.2) is 73.0 Å². The van der Waals surface area contributed by atoms with Gasteiger partial charge in [0.05, 0.1) is 42.1 Å². The first kappa shape index (κ1) is 28.0. The van der Waals surface area contributed by atoms with Crippen molar-refractivity contribution in [1.29, 1.82) is 0 Å². The number of hydrogen-bond donors (Lipinski definition) is 2. The molecule has 2 amide bonds. The van der Waals surface area contributed by atoms with Crippen LogP contribution in [0.15, 0.2) is 47.4 Å². The van der Waals surface area contributed by atoms with E-state index in [1.54, 1.807) is 28.2 Å². The topological polar surface area (TPSA) is 128 Å². The highest BCUT2D eigenvalue weighted by atomic mass is 19.1. The van der Waals surface area contributed by atoms with Crippen LogP contribution in [0.25, 0.3) is 27.4 Å². The Morgan fingerprint density at radius 2 is 1.84 bits per heavy atom. The first-order valence-electron chi connectivity index (χ1n) is 14.7. The molecule has 0 bridgehead atoms. The van der Waals surface area contributed by atoms with Gasteiger partial charge in [0.15, 0.2) is 17.3 Å². The summed E-state index contributed by atoms with van der Waals surface area (Å²) in [6.45, 7) is 5.59. The number of nitrogens with zero attached hydrogens (tertiary/aromatic N) is 3. The number of morpholine rings is 1. The summed E-state index contributed by atoms with van der Waals surface area (Å²) >= 11 is 0. The highest BCUT2D eigenvalue weighted by Gasteiger charge is 2.36. The smallest absolute Gasteiger partial charge is 0.407 e. The minimum absolute atomic E-state index is 0.0933. The summed E-state index contributed by atoms with van der Waals surface area (Å²) in [5.74, 6) is -0.722. The number of nitrogens with two attached hydrogens (primary N) is 1. The van der Waals surface area contributed by atoms with Crippen molar-refractivity contribution in [1.82, 2.24) is 14.8 Å². The first-order chi connectivity index (χ1) is 21.2. The number of fused-ring (bicyclic) bond motifs is 3. The zero-order chi connectivity index (χ0) is 30.7. The van der Waals surface area contributed by atoms with Crippen LogP contribution in [0.5, 0.6) is 11.5 Å². The van der Waals surface area contributed by atoms with Crippen molar-refractivity contribution in [3.8, 4) is 17.2 Å². The monoisotopic (exact) mass is 601 g/mol. The number of nitrogens with one attached hydrogen (secondary N) is 1. The minimum atomic E-state index is -0.818. The lowest BCUT2D eigenvalue weighted by molar-refractivity contribution is 0.0301. The maximum absolute atomic E-state index is 16.4. The zero-order valence-corrected chi connectivity index (χ0v) is 24.4. The van der Waals surface area contributed by atoms with Gasteiger partial charge in [-0.2, -0.15) is 0 Å². The summed E-state index contributed by atoms with van der Waals surface area (Å²) in [6.07, 6.45) is 1.22. The van der Waals surface area contributed by atoms with E-state index in [0.717, 1.165) is 10.8 Å². The molecule has 1 aromatic heterocycles. The van der Waals surface area contributed by atoms with Crippen LogP contribution < -0.4 is 26.1 Å². The van der Waals surface area contributed by atoms with Crippen molar-refractivity contribution >= 4 is 45.1 Å². The second-order valence-electron chi connectivity index (χ2n) is 11.6. The fourth-order valence-corrected chi connectivity index (χ4v) is 6.28. The third-order valence-electron chi connectivity index (χ3n) is 8.35. The van der Waals surface area contributed by atoms with Crippen LogP contribution in [0.2, 0.25) is 0 Å². The van der Waals surface area contributed by atoms with E-state index in [2.05, 4.69) is 5.32 Å². The van der Waals surface area contributed by atoms with E-state index in [0.29, 0.717) is 50.7 Å². The van der Waals surface area contributed by atoms with Crippen molar-refractivity contribution in [3.63, 3.8) is 0 Å². The van der Waals surface area contributed by atoms with Crippen molar-refractivity contribution in [2.24, 2.45) is 0 Å². The molecule has 2 saturated heterocycles. The van der Waals surface area contributed by atoms with Crippen molar-refractivity contribution in [3.05, 3.63) is 64.2 Å². The zero-order valence-electron chi connectivity index (χ0n) is 24.4. The molecule has 3 aliphatic rings. The number of benzene rings is 3. The van der Waals surface area contributed by atoms with E-state index in [-0.39, 0.29) is 52.3 Å². The second kappa shape index (κ2) is 10.7. The number of halogens is 1. The third kappa shape index (κ3) is 4.57. The molecule has 12 heteroatoms. The lowest BCUT2D eigenvalue weighted by Crippen LogP contribution is -2.42.